The topological polar surface area (TPSA) is 75.0 Å². The molecule has 0 atom stereocenters. The highest BCUT2D eigenvalue weighted by Crippen LogP contribution is 2.19. The van der Waals surface area contributed by atoms with E-state index in [1.165, 1.54) is 0 Å². The van der Waals surface area contributed by atoms with E-state index in [1.807, 2.05) is 0 Å². The molecule has 0 saturated carbocycles. The molecule has 1 aromatic heterocycles. The largest absolute Gasteiger partial charge is 0.342 e. The van der Waals surface area contributed by atoms with Crippen LogP contribution in [0.2, 0.25) is 0 Å². The zero-order chi connectivity index (χ0) is 12.5. The number of aromatic nitrogens is 2. The van der Waals surface area contributed by atoms with Gasteiger partial charge in [-0.15, -0.1) is 0 Å². The molecular formula is C13H20N4O. The first kappa shape index (κ1) is 11.7. The molecule has 0 unspecified atom stereocenters. The lowest BCUT2D eigenvalue weighted by atomic mass is 9.97. The molecule has 2 heterocycles. The highest BCUT2D eigenvalue weighted by Gasteiger charge is 2.21. The molecule has 0 amide bonds. The zero-order valence-electron chi connectivity index (χ0n) is 10.6. The normalized spacial score (nSPS) is 20.8. The molecule has 5 nitrogen and oxygen atoms in total. The average Bonchev–Trinajstić information content (AvgIpc) is 2.39. The van der Waals surface area contributed by atoms with Crippen LogP contribution in [0.4, 0.5) is 5.95 Å². The van der Waals surface area contributed by atoms with Crippen molar-refractivity contribution in [2.45, 2.75) is 44.6 Å². The number of anilines is 1. The molecule has 3 rings (SSSR count). The number of rotatable bonds is 1. The van der Waals surface area contributed by atoms with Gasteiger partial charge in [-0.3, -0.25) is 9.78 Å². The van der Waals surface area contributed by atoms with Gasteiger partial charge in [-0.1, -0.05) is 0 Å². The number of aryl methyl sites for hydroxylation is 1. The van der Waals surface area contributed by atoms with Crippen molar-refractivity contribution >= 4 is 5.95 Å². The summed E-state index contributed by atoms with van der Waals surface area (Å²) in [6, 6.07) is 0.297. The highest BCUT2D eigenvalue weighted by molar-refractivity contribution is 5.34. The van der Waals surface area contributed by atoms with Gasteiger partial charge in [-0.25, -0.2) is 4.98 Å². The molecule has 98 valence electrons. The van der Waals surface area contributed by atoms with Crippen LogP contribution in [0.5, 0.6) is 0 Å². The van der Waals surface area contributed by atoms with Crippen molar-refractivity contribution in [3.63, 3.8) is 0 Å². The van der Waals surface area contributed by atoms with Crippen molar-refractivity contribution in [3.05, 3.63) is 21.6 Å². The van der Waals surface area contributed by atoms with E-state index in [-0.39, 0.29) is 5.56 Å². The first-order valence-corrected chi connectivity index (χ1v) is 6.86. The van der Waals surface area contributed by atoms with E-state index < -0.39 is 0 Å². The van der Waals surface area contributed by atoms with Crippen LogP contribution in [0, 0.1) is 0 Å². The number of hydrogen-bond acceptors (Lipinski definition) is 4. The van der Waals surface area contributed by atoms with Crippen LogP contribution in [0.1, 0.15) is 36.9 Å². The molecular weight excluding hydrogens is 228 g/mol. The van der Waals surface area contributed by atoms with Gasteiger partial charge in [0, 0.05) is 24.7 Å². The number of piperidine rings is 1. The molecule has 1 fully saturated rings. The number of nitrogens with one attached hydrogen (secondary N) is 1. The maximum atomic E-state index is 12.0. The fraction of sp³-hybridized carbons (Fsp3) is 0.692. The number of H-pyrrole nitrogens is 1. The maximum Gasteiger partial charge on any atom is 0.255 e. The second-order valence-electron chi connectivity index (χ2n) is 5.35. The Balaban J connectivity index is 1.89. The van der Waals surface area contributed by atoms with E-state index in [4.69, 9.17) is 5.73 Å². The molecule has 1 saturated heterocycles. The number of nitrogens with zero attached hydrogens (tertiary/aromatic N) is 2. The van der Waals surface area contributed by atoms with Crippen molar-refractivity contribution < 1.29 is 0 Å². The molecule has 18 heavy (non-hydrogen) atoms. The Kier molecular flexibility index (Phi) is 3.07. The van der Waals surface area contributed by atoms with Crippen LogP contribution in [0.25, 0.3) is 0 Å². The van der Waals surface area contributed by atoms with Crippen LogP contribution in [-0.4, -0.2) is 29.1 Å². The predicted octanol–water partition coefficient (Wildman–Crippen LogP) is 0.576. The monoisotopic (exact) mass is 248 g/mol. The Morgan fingerprint density at radius 2 is 1.94 bits per heavy atom. The Bertz CT molecular complexity index is 488. The van der Waals surface area contributed by atoms with Gasteiger partial charge in [-0.2, -0.15) is 0 Å². The SMILES string of the molecule is NC1CCN(c2nc3c(c(=O)[nH]2)CCCC3)CC1. The highest BCUT2D eigenvalue weighted by atomic mass is 16.1. The first-order valence-electron chi connectivity index (χ1n) is 6.86. The van der Waals surface area contributed by atoms with Gasteiger partial charge in [0.2, 0.25) is 5.95 Å². The molecule has 3 N–H and O–H groups in total. The number of hydrogen-bond donors (Lipinski definition) is 2. The Hall–Kier alpha value is -1.36. The van der Waals surface area contributed by atoms with E-state index in [0.29, 0.717) is 6.04 Å². The van der Waals surface area contributed by atoms with Crippen molar-refractivity contribution in [3.8, 4) is 0 Å². The molecule has 0 spiro atoms. The Morgan fingerprint density at radius 1 is 1.22 bits per heavy atom. The summed E-state index contributed by atoms with van der Waals surface area (Å²) in [5.41, 5.74) is 7.87. The lowest BCUT2D eigenvalue weighted by Crippen LogP contribution is -2.41. The van der Waals surface area contributed by atoms with Gasteiger partial charge in [-0.05, 0) is 38.5 Å². The van der Waals surface area contributed by atoms with Gasteiger partial charge in [0.15, 0.2) is 0 Å². The van der Waals surface area contributed by atoms with Crippen LogP contribution < -0.4 is 16.2 Å². The zero-order valence-corrected chi connectivity index (χ0v) is 10.6. The molecule has 1 aliphatic heterocycles. The summed E-state index contributed by atoms with van der Waals surface area (Å²) in [4.78, 5) is 21.8. The molecule has 1 aromatic rings. The van der Waals surface area contributed by atoms with Crippen molar-refractivity contribution in [2.75, 3.05) is 18.0 Å². The van der Waals surface area contributed by atoms with Gasteiger partial charge in [0.25, 0.3) is 5.56 Å². The third-order valence-electron chi connectivity index (χ3n) is 4.02. The summed E-state index contributed by atoms with van der Waals surface area (Å²) < 4.78 is 0. The molecule has 0 radical (unpaired) electrons. The van der Waals surface area contributed by atoms with Gasteiger partial charge >= 0.3 is 0 Å². The molecule has 0 aromatic carbocycles. The Morgan fingerprint density at radius 3 is 2.72 bits per heavy atom. The first-order chi connectivity index (χ1) is 8.74. The fourth-order valence-corrected chi connectivity index (χ4v) is 2.85. The lowest BCUT2D eigenvalue weighted by molar-refractivity contribution is 0.493. The second-order valence-corrected chi connectivity index (χ2v) is 5.35. The average molecular weight is 248 g/mol. The van der Waals surface area contributed by atoms with Gasteiger partial charge < -0.3 is 10.6 Å². The summed E-state index contributed by atoms with van der Waals surface area (Å²) in [6.07, 6.45) is 6.02. The predicted molar refractivity (Wildman–Crippen MR) is 70.9 cm³/mol. The molecule has 2 aliphatic rings. The number of fused-ring (bicyclic) bond motifs is 1. The maximum absolute atomic E-state index is 12.0. The lowest BCUT2D eigenvalue weighted by Gasteiger charge is -2.31. The third-order valence-corrected chi connectivity index (χ3v) is 4.02. The number of aromatic amines is 1. The summed E-state index contributed by atoms with van der Waals surface area (Å²) in [6.45, 7) is 1.78. The van der Waals surface area contributed by atoms with Crippen LogP contribution in [-0.2, 0) is 12.8 Å². The summed E-state index contributed by atoms with van der Waals surface area (Å²) in [5, 5.41) is 0. The minimum Gasteiger partial charge on any atom is -0.342 e. The van der Waals surface area contributed by atoms with E-state index in [2.05, 4.69) is 14.9 Å². The minimum atomic E-state index is 0.0598. The van der Waals surface area contributed by atoms with Crippen molar-refractivity contribution in [1.29, 1.82) is 0 Å². The number of nitrogens with two attached hydrogens (primary N) is 1. The van der Waals surface area contributed by atoms with Gasteiger partial charge in [0.1, 0.15) is 0 Å². The quantitative estimate of drug-likeness (QED) is 0.762. The van der Waals surface area contributed by atoms with E-state index in [1.54, 1.807) is 0 Å². The van der Waals surface area contributed by atoms with Crippen LogP contribution >= 0.6 is 0 Å². The summed E-state index contributed by atoms with van der Waals surface area (Å²) in [7, 11) is 0. The fourth-order valence-electron chi connectivity index (χ4n) is 2.85. The van der Waals surface area contributed by atoms with E-state index in [9.17, 15) is 4.79 Å². The Labute approximate surface area is 106 Å². The smallest absolute Gasteiger partial charge is 0.255 e. The standard InChI is InChI=1S/C13H20N4O/c14-9-5-7-17(8-6-9)13-15-11-4-2-1-3-10(11)12(18)16-13/h9H,1-8,14H2,(H,15,16,18). The van der Waals surface area contributed by atoms with E-state index >= 15 is 0 Å². The summed E-state index contributed by atoms with van der Waals surface area (Å²) >= 11 is 0. The van der Waals surface area contributed by atoms with Crippen LogP contribution in [0.3, 0.4) is 0 Å². The van der Waals surface area contributed by atoms with Gasteiger partial charge in [0.05, 0.1) is 5.69 Å². The summed E-state index contributed by atoms with van der Waals surface area (Å²) in [5.74, 6) is 0.743. The van der Waals surface area contributed by atoms with Crippen molar-refractivity contribution in [1.82, 2.24) is 9.97 Å². The molecule has 0 bridgehead atoms. The second kappa shape index (κ2) is 4.72. The minimum absolute atomic E-state index is 0.0598. The third kappa shape index (κ3) is 2.14. The molecule has 5 heteroatoms. The van der Waals surface area contributed by atoms with E-state index in [0.717, 1.165) is 68.8 Å². The van der Waals surface area contributed by atoms with Crippen LogP contribution in [0.15, 0.2) is 4.79 Å². The molecule has 1 aliphatic carbocycles. The van der Waals surface area contributed by atoms with Crippen molar-refractivity contribution in [2.24, 2.45) is 5.73 Å².